The first-order valence-corrected chi connectivity index (χ1v) is 8.12. The van der Waals surface area contributed by atoms with E-state index < -0.39 is 0 Å². The van der Waals surface area contributed by atoms with Gasteiger partial charge >= 0.3 is 0 Å². The molecule has 2 aromatic carbocycles. The summed E-state index contributed by atoms with van der Waals surface area (Å²) in [6.45, 7) is 2.92. The van der Waals surface area contributed by atoms with E-state index in [1.807, 2.05) is 48.5 Å². The molecule has 112 valence electrons. The van der Waals surface area contributed by atoms with Crippen LogP contribution in [-0.4, -0.2) is 6.61 Å². The van der Waals surface area contributed by atoms with E-state index in [0.29, 0.717) is 0 Å². The standard InChI is InChI=1S/C18H20Cl2O/c1-2-3-12-21-16-10-8-14(9-11-16)18(20)13-15-6-4-5-7-17(15)19/h4-11,18H,2-3,12-13H2,1H3. The molecule has 0 spiro atoms. The Morgan fingerprint density at radius 2 is 1.76 bits per heavy atom. The summed E-state index contributed by atoms with van der Waals surface area (Å²) >= 11 is 12.7. The zero-order chi connectivity index (χ0) is 15.1. The maximum absolute atomic E-state index is 6.49. The van der Waals surface area contributed by atoms with Gasteiger partial charge in [0, 0.05) is 5.02 Å². The van der Waals surface area contributed by atoms with Crippen LogP contribution in [0.5, 0.6) is 5.75 Å². The second-order valence-corrected chi connectivity index (χ2v) is 5.97. The Bertz CT molecular complexity index is 551. The van der Waals surface area contributed by atoms with E-state index in [9.17, 15) is 0 Å². The molecule has 3 heteroatoms. The molecule has 21 heavy (non-hydrogen) atoms. The lowest BCUT2D eigenvalue weighted by atomic mass is 10.0. The minimum atomic E-state index is -0.0883. The highest BCUT2D eigenvalue weighted by molar-refractivity contribution is 6.31. The monoisotopic (exact) mass is 322 g/mol. The van der Waals surface area contributed by atoms with Crippen molar-refractivity contribution < 1.29 is 4.74 Å². The van der Waals surface area contributed by atoms with E-state index in [2.05, 4.69) is 6.92 Å². The molecule has 0 aliphatic heterocycles. The van der Waals surface area contributed by atoms with E-state index in [0.717, 1.165) is 47.8 Å². The molecule has 1 unspecified atom stereocenters. The molecule has 0 saturated carbocycles. The Hall–Kier alpha value is -1.18. The van der Waals surface area contributed by atoms with Crippen LogP contribution in [0.4, 0.5) is 0 Å². The molecule has 0 radical (unpaired) electrons. The maximum atomic E-state index is 6.49. The van der Waals surface area contributed by atoms with E-state index in [-0.39, 0.29) is 5.38 Å². The Kier molecular flexibility index (Phi) is 6.41. The van der Waals surface area contributed by atoms with Crippen LogP contribution in [0, 0.1) is 0 Å². The van der Waals surface area contributed by atoms with Crippen molar-refractivity contribution in [2.24, 2.45) is 0 Å². The third-order valence-corrected chi connectivity index (χ3v) is 4.14. The molecule has 0 fully saturated rings. The Balaban J connectivity index is 1.96. The van der Waals surface area contributed by atoms with Gasteiger partial charge in [-0.2, -0.15) is 0 Å². The zero-order valence-corrected chi connectivity index (χ0v) is 13.7. The fourth-order valence-electron chi connectivity index (χ4n) is 2.08. The van der Waals surface area contributed by atoms with Gasteiger partial charge in [0.25, 0.3) is 0 Å². The van der Waals surface area contributed by atoms with Crippen molar-refractivity contribution in [3.8, 4) is 5.75 Å². The highest BCUT2D eigenvalue weighted by Gasteiger charge is 2.11. The maximum Gasteiger partial charge on any atom is 0.119 e. The quantitative estimate of drug-likeness (QED) is 0.446. The number of ether oxygens (including phenoxy) is 1. The zero-order valence-electron chi connectivity index (χ0n) is 12.2. The van der Waals surface area contributed by atoms with Crippen molar-refractivity contribution in [1.29, 1.82) is 0 Å². The average molecular weight is 323 g/mol. The largest absolute Gasteiger partial charge is 0.494 e. The number of rotatable bonds is 7. The van der Waals surface area contributed by atoms with Crippen LogP contribution in [0.1, 0.15) is 36.3 Å². The molecule has 2 aromatic rings. The molecule has 0 aliphatic rings. The predicted octanol–water partition coefficient (Wildman–Crippen LogP) is 6.04. The van der Waals surface area contributed by atoms with Gasteiger partial charge in [0.05, 0.1) is 12.0 Å². The van der Waals surface area contributed by atoms with Crippen LogP contribution in [0.15, 0.2) is 48.5 Å². The average Bonchev–Trinajstić information content (AvgIpc) is 2.50. The van der Waals surface area contributed by atoms with Crippen LogP contribution >= 0.6 is 23.2 Å². The third kappa shape index (κ3) is 4.94. The van der Waals surface area contributed by atoms with E-state index >= 15 is 0 Å². The summed E-state index contributed by atoms with van der Waals surface area (Å²) in [7, 11) is 0. The second-order valence-electron chi connectivity index (χ2n) is 5.03. The Morgan fingerprint density at radius 3 is 2.43 bits per heavy atom. The van der Waals surface area contributed by atoms with E-state index in [4.69, 9.17) is 27.9 Å². The normalized spacial score (nSPS) is 12.1. The van der Waals surface area contributed by atoms with Gasteiger partial charge < -0.3 is 4.74 Å². The van der Waals surface area contributed by atoms with E-state index in [1.165, 1.54) is 0 Å². The van der Waals surface area contributed by atoms with Crippen LogP contribution in [-0.2, 0) is 6.42 Å². The summed E-state index contributed by atoms with van der Waals surface area (Å²) in [5.74, 6) is 0.897. The Labute approximate surface area is 136 Å². The summed E-state index contributed by atoms with van der Waals surface area (Å²) in [6, 6.07) is 15.8. The van der Waals surface area contributed by atoms with Gasteiger partial charge in [-0.05, 0) is 42.2 Å². The highest BCUT2D eigenvalue weighted by Crippen LogP contribution is 2.29. The summed E-state index contributed by atoms with van der Waals surface area (Å²) in [5, 5.41) is 0.678. The van der Waals surface area contributed by atoms with Crippen LogP contribution in [0.25, 0.3) is 0 Å². The summed E-state index contributed by atoms with van der Waals surface area (Å²) in [6.07, 6.45) is 2.93. The molecule has 0 heterocycles. The fourth-order valence-corrected chi connectivity index (χ4v) is 2.61. The summed E-state index contributed by atoms with van der Waals surface area (Å²) in [4.78, 5) is 0. The molecule has 0 amide bonds. The highest BCUT2D eigenvalue weighted by atomic mass is 35.5. The lowest BCUT2D eigenvalue weighted by molar-refractivity contribution is 0.309. The molecule has 0 saturated heterocycles. The van der Waals surface area contributed by atoms with Gasteiger partial charge in [-0.3, -0.25) is 0 Å². The third-order valence-electron chi connectivity index (χ3n) is 3.37. The molecular weight excluding hydrogens is 303 g/mol. The van der Waals surface area contributed by atoms with Crippen molar-refractivity contribution in [2.75, 3.05) is 6.61 Å². The smallest absolute Gasteiger partial charge is 0.119 e. The summed E-state index contributed by atoms with van der Waals surface area (Å²) in [5.41, 5.74) is 2.15. The number of hydrogen-bond donors (Lipinski definition) is 0. The first-order valence-electron chi connectivity index (χ1n) is 7.31. The number of alkyl halides is 1. The minimum Gasteiger partial charge on any atom is -0.494 e. The first kappa shape index (κ1) is 16.2. The SMILES string of the molecule is CCCCOc1ccc(C(Cl)Cc2ccccc2Cl)cc1. The molecule has 0 aromatic heterocycles. The molecule has 1 nitrogen and oxygen atoms in total. The van der Waals surface area contributed by atoms with Gasteiger partial charge in [0.1, 0.15) is 5.75 Å². The minimum absolute atomic E-state index is 0.0883. The lowest BCUT2D eigenvalue weighted by Gasteiger charge is -2.12. The topological polar surface area (TPSA) is 9.23 Å². The van der Waals surface area contributed by atoms with Gasteiger partial charge in [0.2, 0.25) is 0 Å². The molecule has 1 atom stereocenters. The van der Waals surface area contributed by atoms with Crippen molar-refractivity contribution in [3.63, 3.8) is 0 Å². The number of halogens is 2. The molecule has 0 bridgehead atoms. The van der Waals surface area contributed by atoms with E-state index in [1.54, 1.807) is 0 Å². The Morgan fingerprint density at radius 1 is 1.05 bits per heavy atom. The lowest BCUT2D eigenvalue weighted by Crippen LogP contribution is -1.99. The molecule has 2 rings (SSSR count). The second kappa shape index (κ2) is 8.31. The first-order chi connectivity index (χ1) is 10.2. The number of hydrogen-bond acceptors (Lipinski definition) is 1. The van der Waals surface area contributed by atoms with Crippen LogP contribution < -0.4 is 4.74 Å². The van der Waals surface area contributed by atoms with Crippen molar-refractivity contribution in [1.82, 2.24) is 0 Å². The van der Waals surface area contributed by atoms with Crippen LogP contribution in [0.3, 0.4) is 0 Å². The van der Waals surface area contributed by atoms with Gasteiger partial charge in [0.15, 0.2) is 0 Å². The molecular formula is C18H20Cl2O. The van der Waals surface area contributed by atoms with Crippen LogP contribution in [0.2, 0.25) is 5.02 Å². The number of benzene rings is 2. The predicted molar refractivity (Wildman–Crippen MR) is 90.6 cm³/mol. The summed E-state index contributed by atoms with van der Waals surface area (Å²) < 4.78 is 5.65. The molecule has 0 aliphatic carbocycles. The fraction of sp³-hybridized carbons (Fsp3) is 0.333. The van der Waals surface area contributed by atoms with Gasteiger partial charge in [-0.25, -0.2) is 0 Å². The van der Waals surface area contributed by atoms with Gasteiger partial charge in [-0.15, -0.1) is 11.6 Å². The number of unbranched alkanes of at least 4 members (excludes halogenated alkanes) is 1. The van der Waals surface area contributed by atoms with Crippen molar-refractivity contribution >= 4 is 23.2 Å². The van der Waals surface area contributed by atoms with Crippen molar-refractivity contribution in [2.45, 2.75) is 31.6 Å². The molecule has 0 N–H and O–H groups in total. The van der Waals surface area contributed by atoms with Gasteiger partial charge in [-0.1, -0.05) is 55.3 Å². The van der Waals surface area contributed by atoms with Crippen molar-refractivity contribution in [3.05, 3.63) is 64.7 Å².